The molecule has 3 heteroatoms. The van der Waals surface area contributed by atoms with E-state index in [4.69, 9.17) is 9.15 Å². The predicted octanol–water partition coefficient (Wildman–Crippen LogP) is 3.92. The molecule has 18 heavy (non-hydrogen) atoms. The fourth-order valence-electron chi connectivity index (χ4n) is 1.90. The van der Waals surface area contributed by atoms with Gasteiger partial charge in [0, 0.05) is 13.2 Å². The Bertz CT molecular complexity index is 272. The molecule has 0 aliphatic heterocycles. The topological polar surface area (TPSA) is 34.4 Å². The minimum atomic E-state index is 0.258. The van der Waals surface area contributed by atoms with E-state index in [-0.39, 0.29) is 6.04 Å². The fourth-order valence-corrected chi connectivity index (χ4v) is 1.90. The predicted molar refractivity (Wildman–Crippen MR) is 74.7 cm³/mol. The van der Waals surface area contributed by atoms with E-state index >= 15 is 0 Å². The van der Waals surface area contributed by atoms with Gasteiger partial charge in [0.05, 0.1) is 18.9 Å². The maximum absolute atomic E-state index is 5.59. The first kappa shape index (κ1) is 15.3. The molecule has 3 nitrogen and oxygen atoms in total. The monoisotopic (exact) mass is 253 g/mol. The summed E-state index contributed by atoms with van der Waals surface area (Å²) >= 11 is 0. The van der Waals surface area contributed by atoms with Crippen molar-refractivity contribution in [3.05, 3.63) is 24.2 Å². The summed E-state index contributed by atoms with van der Waals surface area (Å²) in [4.78, 5) is 0. The third-order valence-corrected chi connectivity index (χ3v) is 3.06. The third kappa shape index (κ3) is 6.82. The summed E-state index contributed by atoms with van der Waals surface area (Å²) in [6, 6.07) is 4.17. The average Bonchev–Trinajstić information content (AvgIpc) is 2.90. The second kappa shape index (κ2) is 10.2. The zero-order chi connectivity index (χ0) is 13.1. The lowest BCUT2D eigenvalue weighted by molar-refractivity contribution is 0.129. The van der Waals surface area contributed by atoms with Crippen LogP contribution in [-0.2, 0) is 4.74 Å². The maximum atomic E-state index is 5.59. The number of nitrogens with one attached hydrogen (secondary N) is 1. The number of unbranched alkanes of at least 4 members (excludes halogenated alkanes) is 4. The van der Waals surface area contributed by atoms with Gasteiger partial charge in [-0.25, -0.2) is 0 Å². The smallest absolute Gasteiger partial charge is 0.120 e. The highest BCUT2D eigenvalue weighted by atomic mass is 16.5. The van der Waals surface area contributed by atoms with Crippen LogP contribution in [0.15, 0.2) is 22.8 Å². The third-order valence-electron chi connectivity index (χ3n) is 3.06. The van der Waals surface area contributed by atoms with Gasteiger partial charge >= 0.3 is 0 Å². The van der Waals surface area contributed by atoms with Crippen LogP contribution in [0.2, 0.25) is 0 Å². The van der Waals surface area contributed by atoms with Crippen molar-refractivity contribution in [3.63, 3.8) is 0 Å². The lowest BCUT2D eigenvalue weighted by Gasteiger charge is -2.11. The Balaban J connectivity index is 1.87. The summed E-state index contributed by atoms with van der Waals surface area (Å²) in [5.74, 6) is 0.981. The molecule has 104 valence electrons. The quantitative estimate of drug-likeness (QED) is 0.607. The number of hydrogen-bond acceptors (Lipinski definition) is 3. The van der Waals surface area contributed by atoms with Crippen molar-refractivity contribution in [2.45, 2.75) is 52.0 Å². The standard InChI is InChI=1S/C15H27NO2/c1-3-4-5-6-7-11-17-13-10-16-14(2)15-9-8-12-18-15/h8-9,12,14,16H,3-7,10-11,13H2,1-2H3. The lowest BCUT2D eigenvalue weighted by atomic mass is 10.2. The van der Waals surface area contributed by atoms with E-state index in [1.165, 1.54) is 32.1 Å². The number of rotatable bonds is 11. The molecule has 0 fully saturated rings. The largest absolute Gasteiger partial charge is 0.468 e. The molecule has 0 radical (unpaired) electrons. The Hall–Kier alpha value is -0.800. The van der Waals surface area contributed by atoms with Crippen LogP contribution in [0.5, 0.6) is 0 Å². The molecule has 0 amide bonds. The van der Waals surface area contributed by atoms with E-state index in [0.29, 0.717) is 0 Å². The van der Waals surface area contributed by atoms with Crippen molar-refractivity contribution >= 4 is 0 Å². The molecule has 0 bridgehead atoms. The van der Waals surface area contributed by atoms with Crippen molar-refractivity contribution < 1.29 is 9.15 Å². The van der Waals surface area contributed by atoms with E-state index < -0.39 is 0 Å². The van der Waals surface area contributed by atoms with E-state index in [0.717, 1.165) is 25.5 Å². The van der Waals surface area contributed by atoms with Crippen molar-refractivity contribution in [1.29, 1.82) is 0 Å². The molecule has 1 atom stereocenters. The van der Waals surface area contributed by atoms with E-state index in [1.54, 1.807) is 6.26 Å². The second-order valence-corrected chi connectivity index (χ2v) is 4.72. The van der Waals surface area contributed by atoms with Crippen molar-refractivity contribution in [1.82, 2.24) is 5.32 Å². The molecule has 1 unspecified atom stereocenters. The molecular formula is C15H27NO2. The highest BCUT2D eigenvalue weighted by Crippen LogP contribution is 2.11. The van der Waals surface area contributed by atoms with Gasteiger partial charge in [0.1, 0.15) is 5.76 Å². The number of furan rings is 1. The summed E-state index contributed by atoms with van der Waals surface area (Å²) in [6.45, 7) is 6.88. The van der Waals surface area contributed by atoms with Gasteiger partial charge in [0.2, 0.25) is 0 Å². The molecule has 1 heterocycles. The average molecular weight is 253 g/mol. The maximum Gasteiger partial charge on any atom is 0.120 e. The molecule has 1 aromatic rings. The van der Waals surface area contributed by atoms with Crippen LogP contribution in [-0.4, -0.2) is 19.8 Å². The van der Waals surface area contributed by atoms with Gasteiger partial charge in [-0.1, -0.05) is 32.6 Å². The van der Waals surface area contributed by atoms with Crippen LogP contribution in [0.3, 0.4) is 0 Å². The molecule has 1 rings (SSSR count). The molecule has 1 N–H and O–H groups in total. The summed E-state index contributed by atoms with van der Waals surface area (Å²) in [5.41, 5.74) is 0. The first-order valence-corrected chi connectivity index (χ1v) is 7.19. The Morgan fingerprint density at radius 1 is 1.22 bits per heavy atom. The highest BCUT2D eigenvalue weighted by Gasteiger charge is 2.05. The molecule has 0 aliphatic rings. The van der Waals surface area contributed by atoms with Gasteiger partial charge in [-0.05, 0) is 25.5 Å². The van der Waals surface area contributed by atoms with Crippen LogP contribution in [0.4, 0.5) is 0 Å². The zero-order valence-corrected chi connectivity index (χ0v) is 11.8. The minimum Gasteiger partial charge on any atom is -0.468 e. The van der Waals surface area contributed by atoms with Crippen molar-refractivity contribution in [2.75, 3.05) is 19.8 Å². The lowest BCUT2D eigenvalue weighted by Crippen LogP contribution is -2.23. The van der Waals surface area contributed by atoms with E-state index in [1.807, 2.05) is 12.1 Å². The molecular weight excluding hydrogens is 226 g/mol. The van der Waals surface area contributed by atoms with Crippen molar-refractivity contribution in [2.24, 2.45) is 0 Å². The zero-order valence-electron chi connectivity index (χ0n) is 11.8. The summed E-state index contributed by atoms with van der Waals surface area (Å²) in [7, 11) is 0. The molecule has 1 aromatic heterocycles. The van der Waals surface area contributed by atoms with Gasteiger partial charge < -0.3 is 14.5 Å². The van der Waals surface area contributed by atoms with E-state index in [2.05, 4.69) is 19.2 Å². The van der Waals surface area contributed by atoms with Crippen LogP contribution in [0, 0.1) is 0 Å². The van der Waals surface area contributed by atoms with Gasteiger partial charge in [-0.15, -0.1) is 0 Å². The Kier molecular flexibility index (Phi) is 8.61. The Morgan fingerprint density at radius 3 is 2.78 bits per heavy atom. The van der Waals surface area contributed by atoms with Gasteiger partial charge in [0.15, 0.2) is 0 Å². The van der Waals surface area contributed by atoms with Gasteiger partial charge in [-0.3, -0.25) is 0 Å². The molecule has 0 spiro atoms. The highest BCUT2D eigenvalue weighted by molar-refractivity contribution is 5.02. The SMILES string of the molecule is CCCCCCCOCCNC(C)c1ccco1. The fraction of sp³-hybridized carbons (Fsp3) is 0.733. The van der Waals surface area contributed by atoms with Gasteiger partial charge in [-0.2, -0.15) is 0 Å². The van der Waals surface area contributed by atoms with Crippen LogP contribution in [0.25, 0.3) is 0 Å². The summed E-state index contributed by atoms with van der Waals surface area (Å²) in [5, 5.41) is 3.38. The van der Waals surface area contributed by atoms with Gasteiger partial charge in [0.25, 0.3) is 0 Å². The minimum absolute atomic E-state index is 0.258. The number of hydrogen-bond donors (Lipinski definition) is 1. The summed E-state index contributed by atoms with van der Waals surface area (Å²) < 4.78 is 10.9. The molecule has 0 aliphatic carbocycles. The van der Waals surface area contributed by atoms with Crippen LogP contribution < -0.4 is 5.32 Å². The molecule has 0 saturated carbocycles. The first-order valence-electron chi connectivity index (χ1n) is 7.19. The normalized spacial score (nSPS) is 12.8. The molecule has 0 saturated heterocycles. The Labute approximate surface area is 111 Å². The summed E-state index contributed by atoms with van der Waals surface area (Å²) in [6.07, 6.45) is 8.18. The van der Waals surface area contributed by atoms with Crippen LogP contribution in [0.1, 0.15) is 57.8 Å². The van der Waals surface area contributed by atoms with Crippen molar-refractivity contribution in [3.8, 4) is 0 Å². The Morgan fingerprint density at radius 2 is 2.06 bits per heavy atom. The van der Waals surface area contributed by atoms with Crippen LogP contribution >= 0.6 is 0 Å². The molecule has 0 aromatic carbocycles. The van der Waals surface area contributed by atoms with E-state index in [9.17, 15) is 0 Å². The second-order valence-electron chi connectivity index (χ2n) is 4.72. The number of ether oxygens (including phenoxy) is 1. The first-order chi connectivity index (χ1) is 8.84.